The zero-order chi connectivity index (χ0) is 9.90. The van der Waals surface area contributed by atoms with E-state index < -0.39 is 6.10 Å². The van der Waals surface area contributed by atoms with E-state index in [4.69, 9.17) is 0 Å². The van der Waals surface area contributed by atoms with Gasteiger partial charge in [-0.1, -0.05) is 51.1 Å². The molecule has 0 aromatic heterocycles. The molecule has 71 valence electrons. The predicted octanol–water partition coefficient (Wildman–Crippen LogP) is 2.97. The molecule has 0 amide bonds. The minimum atomic E-state index is -0.457. The lowest BCUT2D eigenvalue weighted by atomic mass is 9.87. The zero-order valence-corrected chi connectivity index (χ0v) is 8.49. The smallest absolute Gasteiger partial charge is 0.0827 e. The Morgan fingerprint density at radius 3 is 2.15 bits per heavy atom. The third-order valence-corrected chi connectivity index (χ3v) is 1.80. The van der Waals surface area contributed by atoms with Gasteiger partial charge < -0.3 is 5.11 Å². The number of hydrogen-bond donors (Lipinski definition) is 1. The summed E-state index contributed by atoms with van der Waals surface area (Å²) in [6.07, 6.45) is 1.49. The molecule has 0 aliphatic rings. The molecule has 1 N–H and O–H groups in total. The highest BCUT2D eigenvalue weighted by atomic mass is 16.3. The lowest BCUT2D eigenvalue weighted by Gasteiger charge is -2.21. The normalized spacial score (nSPS) is 14.2. The fraction of sp³-hybridized carbons (Fsp3) is 0.417. The standard InChI is InChI=1S/C12H17O/c1-12(2,3)9-11(13)10-7-5-4-6-8-10/h4-9,11,13H,1-3H3/t11-/m1/s1. The monoisotopic (exact) mass is 177 g/mol. The molecule has 1 atom stereocenters. The summed E-state index contributed by atoms with van der Waals surface area (Å²) in [5.41, 5.74) is 1.01. The molecular weight excluding hydrogens is 160 g/mol. The van der Waals surface area contributed by atoms with Gasteiger partial charge in [0.15, 0.2) is 0 Å². The van der Waals surface area contributed by atoms with Gasteiger partial charge in [0, 0.05) is 0 Å². The van der Waals surface area contributed by atoms with Crippen molar-refractivity contribution in [1.29, 1.82) is 0 Å². The third-order valence-electron chi connectivity index (χ3n) is 1.80. The SMILES string of the molecule is CC(C)(C)[CH][C@@H](O)c1ccccc1. The van der Waals surface area contributed by atoms with Crippen molar-refractivity contribution in [2.75, 3.05) is 0 Å². The van der Waals surface area contributed by atoms with Crippen LogP contribution in [-0.4, -0.2) is 5.11 Å². The first-order valence-electron chi connectivity index (χ1n) is 4.58. The number of rotatable bonds is 2. The summed E-state index contributed by atoms with van der Waals surface area (Å²) in [5, 5.41) is 9.80. The fourth-order valence-corrected chi connectivity index (χ4v) is 1.22. The van der Waals surface area contributed by atoms with Crippen molar-refractivity contribution in [3.63, 3.8) is 0 Å². The van der Waals surface area contributed by atoms with Crippen LogP contribution >= 0.6 is 0 Å². The highest BCUT2D eigenvalue weighted by molar-refractivity contribution is 5.20. The maximum atomic E-state index is 9.80. The van der Waals surface area contributed by atoms with Gasteiger partial charge in [-0.15, -0.1) is 0 Å². The topological polar surface area (TPSA) is 20.2 Å². The van der Waals surface area contributed by atoms with Gasteiger partial charge in [-0.2, -0.15) is 0 Å². The van der Waals surface area contributed by atoms with E-state index in [0.29, 0.717) is 0 Å². The average molecular weight is 177 g/mol. The molecule has 0 aliphatic carbocycles. The number of aliphatic hydroxyl groups is 1. The second kappa shape index (κ2) is 3.93. The van der Waals surface area contributed by atoms with Crippen molar-refractivity contribution in [1.82, 2.24) is 0 Å². The Hall–Kier alpha value is -0.820. The Morgan fingerprint density at radius 2 is 1.69 bits per heavy atom. The van der Waals surface area contributed by atoms with Crippen molar-refractivity contribution in [3.05, 3.63) is 42.3 Å². The summed E-state index contributed by atoms with van der Waals surface area (Å²) < 4.78 is 0. The van der Waals surface area contributed by atoms with E-state index in [1.165, 1.54) is 0 Å². The van der Waals surface area contributed by atoms with Crippen molar-refractivity contribution in [2.45, 2.75) is 26.9 Å². The Bertz CT molecular complexity index is 246. The molecule has 1 rings (SSSR count). The molecule has 1 radical (unpaired) electrons. The summed E-state index contributed by atoms with van der Waals surface area (Å²) >= 11 is 0. The molecule has 0 bridgehead atoms. The maximum absolute atomic E-state index is 9.80. The van der Waals surface area contributed by atoms with Crippen molar-refractivity contribution < 1.29 is 5.11 Å². The molecule has 0 unspecified atom stereocenters. The lowest BCUT2D eigenvalue weighted by molar-refractivity contribution is 0.182. The first-order valence-corrected chi connectivity index (χ1v) is 4.58. The van der Waals surface area contributed by atoms with Crippen molar-refractivity contribution in [2.24, 2.45) is 5.41 Å². The minimum absolute atomic E-state index is 0.0509. The first-order chi connectivity index (χ1) is 5.99. The fourth-order valence-electron chi connectivity index (χ4n) is 1.22. The zero-order valence-electron chi connectivity index (χ0n) is 8.49. The molecular formula is C12H17O. The molecule has 0 saturated heterocycles. The van der Waals surface area contributed by atoms with Crippen LogP contribution in [0.4, 0.5) is 0 Å². The van der Waals surface area contributed by atoms with Crippen LogP contribution < -0.4 is 0 Å². The second-order valence-corrected chi connectivity index (χ2v) is 4.39. The van der Waals surface area contributed by atoms with Gasteiger partial charge in [0.1, 0.15) is 0 Å². The Kier molecular flexibility index (Phi) is 3.10. The minimum Gasteiger partial charge on any atom is -0.388 e. The summed E-state index contributed by atoms with van der Waals surface area (Å²) in [5.74, 6) is 0. The molecule has 13 heavy (non-hydrogen) atoms. The average Bonchev–Trinajstić information content (AvgIpc) is 2.03. The van der Waals surface area contributed by atoms with Crippen LogP contribution in [0.2, 0.25) is 0 Å². The molecule has 1 heteroatoms. The van der Waals surface area contributed by atoms with Gasteiger partial charge in [0.25, 0.3) is 0 Å². The maximum Gasteiger partial charge on any atom is 0.0827 e. The van der Waals surface area contributed by atoms with E-state index in [1.54, 1.807) is 0 Å². The number of aliphatic hydroxyl groups excluding tert-OH is 1. The van der Waals surface area contributed by atoms with Crippen LogP contribution in [0.1, 0.15) is 32.4 Å². The van der Waals surface area contributed by atoms with Gasteiger partial charge >= 0.3 is 0 Å². The third kappa shape index (κ3) is 3.60. The van der Waals surface area contributed by atoms with Crippen LogP contribution in [-0.2, 0) is 0 Å². The summed E-state index contributed by atoms with van der Waals surface area (Å²) in [7, 11) is 0. The number of hydrogen-bond acceptors (Lipinski definition) is 1. The van der Waals surface area contributed by atoms with Crippen LogP contribution in [0.3, 0.4) is 0 Å². The summed E-state index contributed by atoms with van der Waals surface area (Å²) in [6.45, 7) is 6.25. The molecule has 0 spiro atoms. The highest BCUT2D eigenvalue weighted by Gasteiger charge is 2.17. The highest BCUT2D eigenvalue weighted by Crippen LogP contribution is 2.27. The van der Waals surface area contributed by atoms with E-state index in [1.807, 2.05) is 36.8 Å². The quantitative estimate of drug-likeness (QED) is 0.736. The van der Waals surface area contributed by atoms with Gasteiger partial charge in [-0.05, 0) is 17.4 Å². The summed E-state index contributed by atoms with van der Waals surface area (Å²) in [6, 6.07) is 9.71. The van der Waals surface area contributed by atoms with Crippen LogP contribution in [0.15, 0.2) is 30.3 Å². The molecule has 0 fully saturated rings. The predicted molar refractivity (Wildman–Crippen MR) is 55.2 cm³/mol. The number of benzene rings is 1. The van der Waals surface area contributed by atoms with E-state index >= 15 is 0 Å². The molecule has 1 aromatic rings. The van der Waals surface area contributed by atoms with Crippen LogP contribution in [0, 0.1) is 11.8 Å². The van der Waals surface area contributed by atoms with Gasteiger partial charge in [0.2, 0.25) is 0 Å². The van der Waals surface area contributed by atoms with Crippen molar-refractivity contribution >= 4 is 0 Å². The molecule has 1 aromatic carbocycles. The molecule has 0 aliphatic heterocycles. The van der Waals surface area contributed by atoms with Crippen LogP contribution in [0.25, 0.3) is 0 Å². The van der Waals surface area contributed by atoms with Gasteiger partial charge in [-0.25, -0.2) is 0 Å². The van der Waals surface area contributed by atoms with Gasteiger partial charge in [-0.3, -0.25) is 0 Å². The first kappa shape index (κ1) is 10.3. The lowest BCUT2D eigenvalue weighted by Crippen LogP contribution is -2.12. The van der Waals surface area contributed by atoms with E-state index in [-0.39, 0.29) is 5.41 Å². The van der Waals surface area contributed by atoms with E-state index in [9.17, 15) is 5.11 Å². The molecule has 1 nitrogen and oxygen atoms in total. The van der Waals surface area contributed by atoms with E-state index in [2.05, 4.69) is 20.8 Å². The van der Waals surface area contributed by atoms with Gasteiger partial charge in [0.05, 0.1) is 6.10 Å². The second-order valence-electron chi connectivity index (χ2n) is 4.39. The Balaban J connectivity index is 2.64. The van der Waals surface area contributed by atoms with Crippen LogP contribution in [0.5, 0.6) is 0 Å². The molecule has 0 saturated carbocycles. The van der Waals surface area contributed by atoms with Crippen molar-refractivity contribution in [3.8, 4) is 0 Å². The van der Waals surface area contributed by atoms with E-state index in [0.717, 1.165) is 5.56 Å². The Morgan fingerprint density at radius 1 is 1.15 bits per heavy atom. The Labute approximate surface area is 80.4 Å². The molecule has 0 heterocycles. The summed E-state index contributed by atoms with van der Waals surface area (Å²) in [4.78, 5) is 0. The largest absolute Gasteiger partial charge is 0.388 e.